The molecule has 0 aromatic heterocycles. The first kappa shape index (κ1) is 18.4. The molecule has 0 aliphatic heterocycles. The highest BCUT2D eigenvalue weighted by molar-refractivity contribution is 9.28. The number of benzene rings is 2. The maximum Gasteiger partial charge on any atom is 0.310 e. The van der Waals surface area contributed by atoms with Gasteiger partial charge in [0.1, 0.15) is 6.61 Å². The summed E-state index contributed by atoms with van der Waals surface area (Å²) in [6.07, 6.45) is 2.03. The van der Waals surface area contributed by atoms with Gasteiger partial charge in [-0.05, 0) is 65.9 Å². The topological polar surface area (TPSA) is 26.3 Å². The molecule has 0 saturated heterocycles. The SMILES string of the molecule is CC1(C)C(C=C(Br)Br)C1C(=O)OCc1cccc(-c2ccccc2)c1. The predicted octanol–water partition coefficient (Wildman–Crippen LogP) is 6.30. The Morgan fingerprint density at radius 3 is 2.44 bits per heavy atom. The van der Waals surface area contributed by atoms with Crippen LogP contribution in [0.2, 0.25) is 0 Å². The van der Waals surface area contributed by atoms with Gasteiger partial charge in [0, 0.05) is 0 Å². The molecule has 0 bridgehead atoms. The fourth-order valence-electron chi connectivity index (χ4n) is 3.29. The smallest absolute Gasteiger partial charge is 0.310 e. The predicted molar refractivity (Wildman–Crippen MR) is 108 cm³/mol. The van der Waals surface area contributed by atoms with Crippen LogP contribution in [0.15, 0.2) is 64.1 Å². The number of esters is 1. The van der Waals surface area contributed by atoms with Gasteiger partial charge < -0.3 is 4.74 Å². The highest BCUT2D eigenvalue weighted by Crippen LogP contribution is 2.60. The van der Waals surface area contributed by atoms with Crippen LogP contribution in [0, 0.1) is 17.3 Å². The zero-order chi connectivity index (χ0) is 18.0. The zero-order valence-electron chi connectivity index (χ0n) is 14.2. The first-order valence-electron chi connectivity index (χ1n) is 8.23. The number of ether oxygens (including phenoxy) is 1. The molecule has 1 aliphatic carbocycles. The summed E-state index contributed by atoms with van der Waals surface area (Å²) < 4.78 is 6.47. The fraction of sp³-hybridized carbons (Fsp3) is 0.286. The average molecular weight is 464 g/mol. The molecule has 0 spiro atoms. The van der Waals surface area contributed by atoms with Crippen LogP contribution in [0.3, 0.4) is 0 Å². The highest BCUT2D eigenvalue weighted by Gasteiger charge is 2.61. The Balaban J connectivity index is 1.65. The Labute approximate surface area is 165 Å². The van der Waals surface area contributed by atoms with E-state index < -0.39 is 0 Å². The standard InChI is InChI=1S/C21H20Br2O2/c1-21(2)17(12-18(22)23)19(21)20(24)25-13-14-7-6-10-16(11-14)15-8-4-3-5-9-15/h3-12,17,19H,13H2,1-2H3. The summed E-state index contributed by atoms with van der Waals surface area (Å²) in [4.78, 5) is 12.5. The molecule has 1 aliphatic rings. The van der Waals surface area contributed by atoms with Crippen LogP contribution in [0.25, 0.3) is 11.1 Å². The number of halogens is 2. The van der Waals surface area contributed by atoms with Crippen LogP contribution >= 0.6 is 31.9 Å². The van der Waals surface area contributed by atoms with Gasteiger partial charge in [-0.3, -0.25) is 4.79 Å². The molecule has 2 aromatic rings. The molecule has 3 rings (SSSR count). The van der Waals surface area contributed by atoms with Crippen molar-refractivity contribution in [2.24, 2.45) is 17.3 Å². The maximum absolute atomic E-state index is 12.5. The number of hydrogen-bond acceptors (Lipinski definition) is 2. The lowest BCUT2D eigenvalue weighted by atomic mass is 10.0. The minimum Gasteiger partial charge on any atom is -0.461 e. The third-order valence-electron chi connectivity index (χ3n) is 4.89. The van der Waals surface area contributed by atoms with Crippen molar-refractivity contribution in [3.8, 4) is 11.1 Å². The second kappa shape index (κ2) is 7.46. The molecule has 2 unspecified atom stereocenters. The summed E-state index contributed by atoms with van der Waals surface area (Å²) in [6.45, 7) is 4.50. The van der Waals surface area contributed by atoms with Crippen molar-refractivity contribution in [1.29, 1.82) is 0 Å². The molecule has 1 fully saturated rings. The van der Waals surface area contributed by atoms with Crippen LogP contribution < -0.4 is 0 Å². The van der Waals surface area contributed by atoms with Crippen molar-refractivity contribution in [1.82, 2.24) is 0 Å². The second-order valence-electron chi connectivity index (χ2n) is 6.96. The number of rotatable bonds is 5. The lowest BCUT2D eigenvalue weighted by molar-refractivity contribution is -0.147. The van der Waals surface area contributed by atoms with Crippen molar-refractivity contribution in [2.75, 3.05) is 0 Å². The fourth-order valence-corrected chi connectivity index (χ4v) is 3.86. The number of allylic oxidation sites excluding steroid dienone is 1. The van der Waals surface area contributed by atoms with Gasteiger partial charge >= 0.3 is 5.97 Å². The molecular weight excluding hydrogens is 444 g/mol. The Hall–Kier alpha value is -1.39. The Kier molecular flexibility index (Phi) is 5.49. The average Bonchev–Trinajstić information content (AvgIpc) is 3.13. The molecule has 0 heterocycles. The van der Waals surface area contributed by atoms with Crippen LogP contribution in [0.4, 0.5) is 0 Å². The van der Waals surface area contributed by atoms with E-state index in [-0.39, 0.29) is 23.2 Å². The van der Waals surface area contributed by atoms with E-state index in [9.17, 15) is 4.79 Å². The van der Waals surface area contributed by atoms with E-state index in [1.807, 2.05) is 36.4 Å². The lowest BCUT2D eigenvalue weighted by Crippen LogP contribution is -2.10. The highest BCUT2D eigenvalue weighted by atomic mass is 79.9. The molecular formula is C21H20Br2O2. The Morgan fingerprint density at radius 1 is 1.08 bits per heavy atom. The third-order valence-corrected chi connectivity index (χ3v) is 5.41. The lowest BCUT2D eigenvalue weighted by Gasteiger charge is -2.08. The minimum atomic E-state index is -0.127. The van der Waals surface area contributed by atoms with Gasteiger partial charge in [0.2, 0.25) is 0 Å². The van der Waals surface area contributed by atoms with E-state index >= 15 is 0 Å². The molecule has 25 heavy (non-hydrogen) atoms. The van der Waals surface area contributed by atoms with E-state index in [0.717, 1.165) is 20.1 Å². The quantitative estimate of drug-likeness (QED) is 0.486. The first-order chi connectivity index (χ1) is 11.9. The largest absolute Gasteiger partial charge is 0.461 e. The van der Waals surface area contributed by atoms with E-state index in [1.54, 1.807) is 0 Å². The van der Waals surface area contributed by atoms with Crippen LogP contribution in [-0.4, -0.2) is 5.97 Å². The van der Waals surface area contributed by atoms with Crippen LogP contribution in [0.1, 0.15) is 19.4 Å². The van der Waals surface area contributed by atoms with Gasteiger partial charge in [0.15, 0.2) is 0 Å². The molecule has 1 saturated carbocycles. The molecule has 130 valence electrons. The number of carbonyl (C=O) groups excluding carboxylic acids is 1. The van der Waals surface area contributed by atoms with Crippen molar-refractivity contribution < 1.29 is 9.53 Å². The molecule has 2 atom stereocenters. The molecule has 0 radical (unpaired) electrons. The normalized spacial score (nSPS) is 20.6. The minimum absolute atomic E-state index is 0.0598. The van der Waals surface area contributed by atoms with Crippen LogP contribution in [0.5, 0.6) is 0 Å². The molecule has 2 aromatic carbocycles. The number of carbonyl (C=O) groups is 1. The van der Waals surface area contributed by atoms with Gasteiger partial charge in [-0.25, -0.2) is 0 Å². The van der Waals surface area contributed by atoms with Crippen LogP contribution in [-0.2, 0) is 16.1 Å². The monoisotopic (exact) mass is 462 g/mol. The van der Waals surface area contributed by atoms with Gasteiger partial charge in [-0.1, -0.05) is 68.5 Å². The van der Waals surface area contributed by atoms with E-state index in [4.69, 9.17) is 4.74 Å². The van der Waals surface area contributed by atoms with Crippen molar-refractivity contribution in [3.63, 3.8) is 0 Å². The van der Waals surface area contributed by atoms with Crippen molar-refractivity contribution in [2.45, 2.75) is 20.5 Å². The van der Waals surface area contributed by atoms with Gasteiger partial charge in [0.25, 0.3) is 0 Å². The van der Waals surface area contributed by atoms with Crippen molar-refractivity contribution >= 4 is 37.8 Å². The molecule has 0 N–H and O–H groups in total. The maximum atomic E-state index is 12.5. The number of hydrogen-bond donors (Lipinski definition) is 0. The van der Waals surface area contributed by atoms with Gasteiger partial charge in [0.05, 0.1) is 9.31 Å². The second-order valence-corrected chi connectivity index (χ2v) is 9.73. The summed E-state index contributed by atoms with van der Waals surface area (Å²) in [7, 11) is 0. The molecule has 0 amide bonds. The summed E-state index contributed by atoms with van der Waals surface area (Å²) in [6, 6.07) is 18.3. The Bertz CT molecular complexity index is 793. The third kappa shape index (κ3) is 4.24. The summed E-state index contributed by atoms with van der Waals surface area (Å²) in [5.74, 6) is -0.0167. The van der Waals surface area contributed by atoms with E-state index in [0.29, 0.717) is 6.61 Å². The Morgan fingerprint density at radius 2 is 1.76 bits per heavy atom. The van der Waals surface area contributed by atoms with Gasteiger partial charge in [-0.15, -0.1) is 0 Å². The first-order valence-corrected chi connectivity index (χ1v) is 9.82. The molecule has 4 heteroatoms. The molecule has 2 nitrogen and oxygen atoms in total. The van der Waals surface area contributed by atoms with Gasteiger partial charge in [-0.2, -0.15) is 0 Å². The summed E-state index contributed by atoms with van der Waals surface area (Å²) in [5, 5.41) is 0. The summed E-state index contributed by atoms with van der Waals surface area (Å²) >= 11 is 6.75. The zero-order valence-corrected chi connectivity index (χ0v) is 17.4. The van der Waals surface area contributed by atoms with E-state index in [1.165, 1.54) is 0 Å². The van der Waals surface area contributed by atoms with E-state index in [2.05, 4.69) is 70.0 Å². The summed E-state index contributed by atoms with van der Waals surface area (Å²) in [5.41, 5.74) is 3.23. The van der Waals surface area contributed by atoms with Crippen molar-refractivity contribution in [3.05, 3.63) is 69.6 Å².